The largest absolute Gasteiger partial charge is 0.497 e. The molecule has 0 radical (unpaired) electrons. The summed E-state index contributed by atoms with van der Waals surface area (Å²) in [7, 11) is 1.59. The van der Waals surface area contributed by atoms with Crippen molar-refractivity contribution in [3.8, 4) is 11.5 Å². The summed E-state index contributed by atoms with van der Waals surface area (Å²) in [4.78, 5) is 20.7. The summed E-state index contributed by atoms with van der Waals surface area (Å²) in [6.45, 7) is -1.43. The number of rotatable bonds is 9. The van der Waals surface area contributed by atoms with Gasteiger partial charge in [-0.15, -0.1) is 0 Å². The first-order valence-electron chi connectivity index (χ1n) is 11.2. The fraction of sp³-hybridized carbons (Fsp3) is 0.231. The van der Waals surface area contributed by atoms with Gasteiger partial charge in [0.05, 0.1) is 24.2 Å². The van der Waals surface area contributed by atoms with Crippen molar-refractivity contribution in [3.63, 3.8) is 0 Å². The molecule has 0 bridgehead atoms. The Hall–Kier alpha value is -4.21. The first-order valence-corrected chi connectivity index (χ1v) is 11.2. The number of halogens is 3. The molecular weight excluding hydrogens is 473 g/mol. The number of urea groups is 1. The number of imidazole rings is 1. The molecule has 10 heteroatoms. The Kier molecular flexibility index (Phi) is 7.62. The van der Waals surface area contributed by atoms with E-state index in [1.165, 1.54) is 6.07 Å². The van der Waals surface area contributed by atoms with Gasteiger partial charge in [-0.25, -0.2) is 9.78 Å². The zero-order valence-electron chi connectivity index (χ0n) is 19.4. The number of fused-ring (bicyclic) bond motifs is 1. The lowest BCUT2D eigenvalue weighted by atomic mass is 10.1. The number of aromatic nitrogens is 2. The number of nitrogens with one attached hydrogen (secondary N) is 3. The Morgan fingerprint density at radius 1 is 1.03 bits per heavy atom. The number of H-pyrrole nitrogens is 1. The summed E-state index contributed by atoms with van der Waals surface area (Å²) in [5.74, 6) is 1.36. The molecule has 4 aromatic rings. The molecule has 3 N–H and O–H groups in total. The van der Waals surface area contributed by atoms with Gasteiger partial charge in [0.2, 0.25) is 0 Å². The highest BCUT2D eigenvalue weighted by molar-refractivity contribution is 5.76. The number of ether oxygens (including phenoxy) is 2. The number of aromatic amines is 1. The molecule has 0 spiro atoms. The minimum Gasteiger partial charge on any atom is -0.497 e. The topological polar surface area (TPSA) is 88.3 Å². The first-order chi connectivity index (χ1) is 17.3. The fourth-order valence-electron chi connectivity index (χ4n) is 3.69. The van der Waals surface area contributed by atoms with Crippen LogP contribution in [0.25, 0.3) is 11.0 Å². The van der Waals surface area contributed by atoms with Crippen LogP contribution in [-0.4, -0.2) is 35.9 Å². The molecular formula is C26H25F3N4O3. The standard InChI is InChI=1S/C26H25F3N4O3/c1-35-19-12-10-17(11-13-19)14-22(24-31-20-7-3-4-8-21(20)32-24)33-25(34)30-15-18-6-2-5-9-23(18)36-16-26(27,28)29/h2-13,22H,14-16H2,1H3,(H,31,32)(H2,30,33,34). The molecule has 1 heterocycles. The smallest absolute Gasteiger partial charge is 0.422 e. The number of benzene rings is 3. The number of nitrogens with zero attached hydrogens (tertiary/aromatic N) is 1. The molecule has 2 amide bonds. The predicted molar refractivity (Wildman–Crippen MR) is 129 cm³/mol. The molecule has 1 unspecified atom stereocenters. The summed E-state index contributed by atoms with van der Waals surface area (Å²) in [5, 5.41) is 5.62. The zero-order valence-corrected chi connectivity index (χ0v) is 19.4. The minimum atomic E-state index is -4.46. The van der Waals surface area contributed by atoms with E-state index in [-0.39, 0.29) is 12.3 Å². The van der Waals surface area contributed by atoms with E-state index >= 15 is 0 Å². The van der Waals surface area contributed by atoms with Gasteiger partial charge in [-0.1, -0.05) is 42.5 Å². The van der Waals surface area contributed by atoms with Crippen LogP contribution >= 0.6 is 0 Å². The van der Waals surface area contributed by atoms with Gasteiger partial charge in [0.15, 0.2) is 6.61 Å². The highest BCUT2D eigenvalue weighted by Crippen LogP contribution is 2.23. The Morgan fingerprint density at radius 3 is 2.47 bits per heavy atom. The molecule has 188 valence electrons. The predicted octanol–water partition coefficient (Wildman–Crippen LogP) is 5.30. The molecule has 1 aromatic heterocycles. The van der Waals surface area contributed by atoms with Gasteiger partial charge in [0.1, 0.15) is 17.3 Å². The Bertz CT molecular complexity index is 1270. The molecule has 0 saturated carbocycles. The number of hydrogen-bond donors (Lipinski definition) is 3. The van der Waals surface area contributed by atoms with E-state index in [0.717, 1.165) is 22.3 Å². The molecule has 0 saturated heterocycles. The minimum absolute atomic E-state index is 0.0186. The van der Waals surface area contributed by atoms with E-state index in [4.69, 9.17) is 9.47 Å². The lowest BCUT2D eigenvalue weighted by molar-refractivity contribution is -0.153. The Morgan fingerprint density at radius 2 is 1.75 bits per heavy atom. The average molecular weight is 499 g/mol. The summed E-state index contributed by atoms with van der Waals surface area (Å²) in [5.41, 5.74) is 2.98. The van der Waals surface area contributed by atoms with Crippen LogP contribution in [0.4, 0.5) is 18.0 Å². The van der Waals surface area contributed by atoms with Crippen molar-refractivity contribution >= 4 is 17.1 Å². The lowest BCUT2D eigenvalue weighted by Gasteiger charge is -2.18. The molecule has 1 atom stereocenters. The summed E-state index contributed by atoms with van der Waals surface area (Å²) >= 11 is 0. The fourth-order valence-corrected chi connectivity index (χ4v) is 3.69. The van der Waals surface area contributed by atoms with Crippen molar-refractivity contribution in [3.05, 3.63) is 89.7 Å². The van der Waals surface area contributed by atoms with Gasteiger partial charge in [0.25, 0.3) is 0 Å². The van der Waals surface area contributed by atoms with Crippen molar-refractivity contribution in [2.24, 2.45) is 0 Å². The number of hydrogen-bond acceptors (Lipinski definition) is 4. The molecule has 3 aromatic carbocycles. The second-order valence-electron chi connectivity index (χ2n) is 8.08. The van der Waals surface area contributed by atoms with Crippen LogP contribution < -0.4 is 20.1 Å². The zero-order chi connectivity index (χ0) is 25.5. The van der Waals surface area contributed by atoms with Crippen molar-refractivity contribution in [2.45, 2.75) is 25.2 Å². The van der Waals surface area contributed by atoms with Crippen molar-refractivity contribution in [2.75, 3.05) is 13.7 Å². The molecule has 0 aliphatic carbocycles. The number of para-hydroxylation sites is 3. The van der Waals surface area contributed by atoms with Crippen LogP contribution in [0.15, 0.2) is 72.8 Å². The van der Waals surface area contributed by atoms with Crippen LogP contribution in [-0.2, 0) is 13.0 Å². The quantitative estimate of drug-likeness (QED) is 0.292. The maximum absolute atomic E-state index is 12.8. The van der Waals surface area contributed by atoms with Crippen LogP contribution in [0.2, 0.25) is 0 Å². The van der Waals surface area contributed by atoms with Gasteiger partial charge < -0.3 is 25.1 Å². The molecule has 0 aliphatic heterocycles. The second kappa shape index (κ2) is 11.0. The van der Waals surface area contributed by atoms with Gasteiger partial charge >= 0.3 is 12.2 Å². The number of alkyl halides is 3. The summed E-state index contributed by atoms with van der Waals surface area (Å²) in [6.07, 6.45) is -4.01. The SMILES string of the molecule is COc1ccc(CC(NC(=O)NCc2ccccc2OCC(F)(F)F)c2nc3ccccc3[nH]2)cc1. The number of amides is 2. The highest BCUT2D eigenvalue weighted by Gasteiger charge is 2.28. The number of carbonyl (C=O) groups is 1. The van der Waals surface area contributed by atoms with Gasteiger partial charge in [-0.05, 0) is 42.3 Å². The monoisotopic (exact) mass is 498 g/mol. The second-order valence-corrected chi connectivity index (χ2v) is 8.08. The molecule has 0 aliphatic rings. The molecule has 7 nitrogen and oxygen atoms in total. The molecule has 36 heavy (non-hydrogen) atoms. The van der Waals surface area contributed by atoms with E-state index in [1.807, 2.05) is 48.5 Å². The van der Waals surface area contributed by atoms with E-state index in [9.17, 15) is 18.0 Å². The Balaban J connectivity index is 1.47. The van der Waals surface area contributed by atoms with Crippen molar-refractivity contribution < 1.29 is 27.4 Å². The van der Waals surface area contributed by atoms with E-state index in [1.54, 1.807) is 25.3 Å². The van der Waals surface area contributed by atoms with Gasteiger partial charge in [-0.3, -0.25) is 0 Å². The lowest BCUT2D eigenvalue weighted by Crippen LogP contribution is -2.39. The first kappa shape index (κ1) is 24.9. The third-order valence-electron chi connectivity index (χ3n) is 5.45. The van der Waals surface area contributed by atoms with E-state index < -0.39 is 24.9 Å². The van der Waals surface area contributed by atoms with Crippen LogP contribution in [0.1, 0.15) is 23.0 Å². The van der Waals surface area contributed by atoms with Crippen LogP contribution in [0, 0.1) is 0 Å². The molecule has 0 fully saturated rings. The van der Waals surface area contributed by atoms with Crippen LogP contribution in [0.3, 0.4) is 0 Å². The Labute approximate surface area is 205 Å². The number of carbonyl (C=O) groups excluding carboxylic acids is 1. The third-order valence-corrected chi connectivity index (χ3v) is 5.45. The van der Waals surface area contributed by atoms with Crippen LogP contribution in [0.5, 0.6) is 11.5 Å². The van der Waals surface area contributed by atoms with Crippen molar-refractivity contribution in [1.29, 1.82) is 0 Å². The highest BCUT2D eigenvalue weighted by atomic mass is 19.4. The van der Waals surface area contributed by atoms with Gasteiger partial charge in [0, 0.05) is 12.1 Å². The maximum Gasteiger partial charge on any atom is 0.422 e. The third kappa shape index (κ3) is 6.68. The molecule has 4 rings (SSSR count). The number of methoxy groups -OCH3 is 1. The van der Waals surface area contributed by atoms with E-state index in [0.29, 0.717) is 17.8 Å². The van der Waals surface area contributed by atoms with Gasteiger partial charge in [-0.2, -0.15) is 13.2 Å². The average Bonchev–Trinajstić information content (AvgIpc) is 3.31. The normalized spacial score (nSPS) is 12.2. The maximum atomic E-state index is 12.8. The summed E-state index contributed by atoms with van der Waals surface area (Å²) < 4.78 is 47.8. The van der Waals surface area contributed by atoms with Crippen molar-refractivity contribution in [1.82, 2.24) is 20.6 Å². The van der Waals surface area contributed by atoms with E-state index in [2.05, 4.69) is 20.6 Å². The summed E-state index contributed by atoms with van der Waals surface area (Å²) in [6, 6.07) is 20.3.